The second-order valence-electron chi connectivity index (χ2n) is 8.00. The van der Waals surface area contributed by atoms with Gasteiger partial charge < -0.3 is 9.84 Å². The number of nitrogens with one attached hydrogen (secondary N) is 1. The molecule has 1 aliphatic rings. The Morgan fingerprint density at radius 1 is 1.00 bits per heavy atom. The van der Waals surface area contributed by atoms with Crippen molar-refractivity contribution in [1.29, 1.82) is 0 Å². The Labute approximate surface area is 176 Å². The highest BCUT2D eigenvalue weighted by Gasteiger charge is 2.18. The molecule has 5 heteroatoms. The van der Waals surface area contributed by atoms with Gasteiger partial charge in [-0.2, -0.15) is 4.98 Å². The van der Waals surface area contributed by atoms with Crippen molar-refractivity contribution in [3.8, 4) is 11.4 Å². The van der Waals surface area contributed by atoms with E-state index in [9.17, 15) is 0 Å². The molecular formula is C23H36ClN3O. The summed E-state index contributed by atoms with van der Waals surface area (Å²) in [6.07, 6.45) is 14.2. The minimum atomic E-state index is 0. The van der Waals surface area contributed by atoms with Gasteiger partial charge in [-0.1, -0.05) is 81.3 Å². The van der Waals surface area contributed by atoms with E-state index in [4.69, 9.17) is 4.52 Å². The van der Waals surface area contributed by atoms with Crippen LogP contribution in [0.5, 0.6) is 0 Å². The minimum absolute atomic E-state index is 0. The predicted molar refractivity (Wildman–Crippen MR) is 118 cm³/mol. The largest absolute Gasteiger partial charge is 0.339 e. The Bertz CT molecular complexity index is 650. The first-order chi connectivity index (χ1) is 13.3. The molecule has 1 unspecified atom stereocenters. The number of rotatable bonds is 12. The molecule has 0 radical (unpaired) electrons. The van der Waals surface area contributed by atoms with Crippen molar-refractivity contribution < 1.29 is 4.52 Å². The molecule has 4 nitrogen and oxygen atoms in total. The molecule has 0 spiro atoms. The molecule has 156 valence electrons. The van der Waals surface area contributed by atoms with Crippen molar-refractivity contribution in [3.63, 3.8) is 0 Å². The van der Waals surface area contributed by atoms with Crippen LogP contribution >= 0.6 is 12.4 Å². The van der Waals surface area contributed by atoms with E-state index in [-0.39, 0.29) is 12.4 Å². The molecule has 0 amide bonds. The van der Waals surface area contributed by atoms with E-state index in [1.54, 1.807) is 0 Å². The summed E-state index contributed by atoms with van der Waals surface area (Å²) >= 11 is 0. The van der Waals surface area contributed by atoms with E-state index in [0.29, 0.717) is 5.92 Å². The first kappa shape index (κ1) is 22.9. The maximum atomic E-state index is 5.45. The van der Waals surface area contributed by atoms with Gasteiger partial charge in [0.05, 0.1) is 0 Å². The molecule has 0 aliphatic carbocycles. The fraction of sp³-hybridized carbons (Fsp3) is 0.652. The number of hydrogen-bond donors (Lipinski definition) is 1. The molecule has 28 heavy (non-hydrogen) atoms. The van der Waals surface area contributed by atoms with Gasteiger partial charge in [-0.15, -0.1) is 12.4 Å². The predicted octanol–water partition coefficient (Wildman–Crippen LogP) is 5.99. The topological polar surface area (TPSA) is 51.0 Å². The molecule has 0 saturated carbocycles. The highest BCUT2D eigenvalue weighted by Crippen LogP contribution is 2.20. The zero-order valence-electron chi connectivity index (χ0n) is 17.3. The number of benzene rings is 1. The lowest BCUT2D eigenvalue weighted by Crippen LogP contribution is -2.10. The van der Waals surface area contributed by atoms with Gasteiger partial charge in [0.15, 0.2) is 0 Å². The smallest absolute Gasteiger partial charge is 0.227 e. The van der Waals surface area contributed by atoms with Crippen LogP contribution in [0.2, 0.25) is 0 Å². The lowest BCUT2D eigenvalue weighted by molar-refractivity contribution is 0.358. The van der Waals surface area contributed by atoms with E-state index in [0.717, 1.165) is 36.8 Å². The summed E-state index contributed by atoms with van der Waals surface area (Å²) in [6, 6.07) is 8.69. The number of aromatic nitrogens is 2. The maximum absolute atomic E-state index is 5.45. The van der Waals surface area contributed by atoms with Crippen LogP contribution in [0.15, 0.2) is 28.8 Å². The van der Waals surface area contributed by atoms with E-state index in [1.807, 2.05) is 0 Å². The summed E-state index contributed by atoms with van der Waals surface area (Å²) in [6.45, 7) is 4.44. The average Bonchev–Trinajstić information content (AvgIpc) is 3.37. The van der Waals surface area contributed by atoms with Crippen molar-refractivity contribution in [2.45, 2.75) is 77.6 Å². The molecule has 2 heterocycles. The Kier molecular flexibility index (Phi) is 10.6. The molecular weight excluding hydrogens is 370 g/mol. The van der Waals surface area contributed by atoms with Crippen molar-refractivity contribution in [3.05, 3.63) is 35.7 Å². The number of halogens is 1. The van der Waals surface area contributed by atoms with Gasteiger partial charge in [0.2, 0.25) is 11.7 Å². The molecule has 1 aromatic heterocycles. The van der Waals surface area contributed by atoms with Crippen molar-refractivity contribution in [2.24, 2.45) is 5.92 Å². The number of aryl methyl sites for hydroxylation is 1. The number of hydrogen-bond acceptors (Lipinski definition) is 4. The number of nitrogens with zero attached hydrogens (tertiary/aromatic N) is 2. The first-order valence-corrected chi connectivity index (χ1v) is 11.0. The minimum Gasteiger partial charge on any atom is -0.339 e. The Morgan fingerprint density at radius 3 is 2.39 bits per heavy atom. The molecule has 1 N–H and O–H groups in total. The molecule has 0 bridgehead atoms. The third kappa shape index (κ3) is 7.56. The second-order valence-corrected chi connectivity index (χ2v) is 8.00. The van der Waals surface area contributed by atoms with Crippen LogP contribution in [0.1, 0.15) is 76.2 Å². The van der Waals surface area contributed by atoms with Crippen LogP contribution in [0.4, 0.5) is 0 Å². The van der Waals surface area contributed by atoms with Gasteiger partial charge >= 0.3 is 0 Å². The highest BCUT2D eigenvalue weighted by molar-refractivity contribution is 5.85. The summed E-state index contributed by atoms with van der Waals surface area (Å²) in [4.78, 5) is 4.59. The quantitative estimate of drug-likeness (QED) is 0.440. The Balaban J connectivity index is 0.00000280. The zero-order chi connectivity index (χ0) is 18.7. The van der Waals surface area contributed by atoms with Crippen molar-refractivity contribution in [2.75, 3.05) is 13.1 Å². The summed E-state index contributed by atoms with van der Waals surface area (Å²) in [7, 11) is 0. The molecule has 1 aromatic carbocycles. The van der Waals surface area contributed by atoms with Crippen molar-refractivity contribution in [1.82, 2.24) is 15.5 Å². The molecule has 1 saturated heterocycles. The summed E-state index contributed by atoms with van der Waals surface area (Å²) in [5.74, 6) is 2.11. The highest BCUT2D eigenvalue weighted by atomic mass is 35.5. The molecule has 1 aliphatic heterocycles. The van der Waals surface area contributed by atoms with Crippen LogP contribution in [0.3, 0.4) is 0 Å². The first-order valence-electron chi connectivity index (χ1n) is 11.0. The van der Waals surface area contributed by atoms with Gasteiger partial charge in [0.25, 0.3) is 0 Å². The standard InChI is InChI=1S/C23H35N3O.ClH/c1-2-3-4-5-6-7-8-9-10-19-11-13-21(14-12-19)23-25-22(27-26-23)17-20-15-16-24-18-20;/h11-14,20,24H,2-10,15-18H2,1H3;1H. The SMILES string of the molecule is CCCCCCCCCCc1ccc(-c2noc(CC3CCNC3)n2)cc1.Cl. The van der Waals surface area contributed by atoms with Crippen LogP contribution < -0.4 is 5.32 Å². The van der Waals surface area contributed by atoms with Crippen LogP contribution in [-0.4, -0.2) is 23.2 Å². The van der Waals surface area contributed by atoms with E-state index < -0.39 is 0 Å². The van der Waals surface area contributed by atoms with Crippen LogP contribution in [0.25, 0.3) is 11.4 Å². The third-order valence-electron chi connectivity index (χ3n) is 5.62. The van der Waals surface area contributed by atoms with Crippen LogP contribution in [0, 0.1) is 5.92 Å². The third-order valence-corrected chi connectivity index (χ3v) is 5.62. The zero-order valence-corrected chi connectivity index (χ0v) is 18.1. The normalized spacial score (nSPS) is 16.2. The van der Waals surface area contributed by atoms with Crippen molar-refractivity contribution >= 4 is 12.4 Å². The summed E-state index contributed by atoms with van der Waals surface area (Å²) < 4.78 is 5.45. The van der Waals surface area contributed by atoms with E-state index >= 15 is 0 Å². The molecule has 2 aromatic rings. The summed E-state index contributed by atoms with van der Waals surface area (Å²) in [5.41, 5.74) is 2.46. The Morgan fingerprint density at radius 2 is 1.71 bits per heavy atom. The van der Waals surface area contributed by atoms with Gasteiger partial charge in [-0.3, -0.25) is 0 Å². The van der Waals surface area contributed by atoms with E-state index in [1.165, 1.54) is 69.8 Å². The van der Waals surface area contributed by atoms with Gasteiger partial charge in [-0.05, 0) is 43.8 Å². The monoisotopic (exact) mass is 405 g/mol. The molecule has 3 rings (SSSR count). The molecule has 1 fully saturated rings. The lowest BCUT2D eigenvalue weighted by Gasteiger charge is -2.03. The Hall–Kier alpha value is -1.39. The average molecular weight is 406 g/mol. The second kappa shape index (κ2) is 12.9. The van der Waals surface area contributed by atoms with Gasteiger partial charge in [0, 0.05) is 12.0 Å². The van der Waals surface area contributed by atoms with E-state index in [2.05, 4.69) is 46.6 Å². The number of unbranched alkanes of at least 4 members (excludes halogenated alkanes) is 7. The molecule has 1 atom stereocenters. The van der Waals surface area contributed by atoms with Gasteiger partial charge in [0.1, 0.15) is 0 Å². The maximum Gasteiger partial charge on any atom is 0.227 e. The fourth-order valence-electron chi connectivity index (χ4n) is 3.87. The summed E-state index contributed by atoms with van der Waals surface area (Å²) in [5, 5.41) is 7.55. The lowest BCUT2D eigenvalue weighted by atomic mass is 10.0. The fourth-order valence-corrected chi connectivity index (χ4v) is 3.87. The van der Waals surface area contributed by atoms with Gasteiger partial charge in [-0.25, -0.2) is 0 Å². The van der Waals surface area contributed by atoms with Crippen LogP contribution in [-0.2, 0) is 12.8 Å².